The predicted molar refractivity (Wildman–Crippen MR) is 84.9 cm³/mol. The van der Waals surface area contributed by atoms with Crippen LogP contribution in [0.25, 0.3) is 0 Å². The minimum absolute atomic E-state index is 0.101. The minimum Gasteiger partial charge on any atom is -0.465 e. The van der Waals surface area contributed by atoms with Crippen LogP contribution < -0.4 is 0 Å². The number of amides is 2. The number of esters is 1. The normalized spacial score (nSPS) is 19.6. The van der Waals surface area contributed by atoms with Crippen molar-refractivity contribution in [1.29, 1.82) is 0 Å². The van der Waals surface area contributed by atoms with Gasteiger partial charge < -0.3 is 19.6 Å². The third kappa shape index (κ3) is 5.11. The second-order valence-corrected chi connectivity index (χ2v) is 7.39. The zero-order valence-corrected chi connectivity index (χ0v) is 14.8. The quantitative estimate of drug-likeness (QED) is 0.795. The lowest BCUT2D eigenvalue weighted by molar-refractivity contribution is -0.166. The van der Waals surface area contributed by atoms with Gasteiger partial charge in [0.2, 0.25) is 5.91 Å². The monoisotopic (exact) mass is 328 g/mol. The first-order valence-corrected chi connectivity index (χ1v) is 7.91. The largest absolute Gasteiger partial charge is 0.465 e. The van der Waals surface area contributed by atoms with Gasteiger partial charge in [0.25, 0.3) is 0 Å². The minimum atomic E-state index is -1.02. The van der Waals surface area contributed by atoms with E-state index in [-0.39, 0.29) is 18.4 Å². The summed E-state index contributed by atoms with van der Waals surface area (Å²) < 4.78 is 5.42. The molecule has 0 aliphatic carbocycles. The SMILES string of the molecule is CC(C)[C@@H](C(=O)OC(C)(C)C)N(C)C(=O)C1CCN(C(=O)O)C1. The number of hydrogen-bond donors (Lipinski definition) is 1. The molecule has 1 unspecified atom stereocenters. The third-order valence-electron chi connectivity index (χ3n) is 3.85. The molecule has 1 rings (SSSR count). The van der Waals surface area contributed by atoms with Crippen LogP contribution in [0.15, 0.2) is 0 Å². The number of carbonyl (C=O) groups excluding carboxylic acids is 2. The van der Waals surface area contributed by atoms with Gasteiger partial charge in [-0.25, -0.2) is 9.59 Å². The van der Waals surface area contributed by atoms with Crippen molar-refractivity contribution in [2.75, 3.05) is 20.1 Å². The van der Waals surface area contributed by atoms with Gasteiger partial charge in [-0.05, 0) is 33.1 Å². The van der Waals surface area contributed by atoms with Crippen molar-refractivity contribution in [2.45, 2.75) is 52.7 Å². The fourth-order valence-electron chi connectivity index (χ4n) is 2.80. The van der Waals surface area contributed by atoms with Gasteiger partial charge in [0.15, 0.2) is 0 Å². The first-order valence-electron chi connectivity index (χ1n) is 7.91. The van der Waals surface area contributed by atoms with E-state index in [0.29, 0.717) is 13.0 Å². The van der Waals surface area contributed by atoms with Gasteiger partial charge in [-0.15, -0.1) is 0 Å². The standard InChI is InChI=1S/C16H28N2O5/c1-10(2)12(14(20)23-16(3,4)5)17(6)13(19)11-7-8-18(9-11)15(21)22/h10-12H,7-9H2,1-6H3,(H,21,22)/t11?,12-/m0/s1. The Morgan fingerprint density at radius 3 is 2.22 bits per heavy atom. The smallest absolute Gasteiger partial charge is 0.407 e. The van der Waals surface area contributed by atoms with Crippen molar-refractivity contribution in [3.63, 3.8) is 0 Å². The maximum absolute atomic E-state index is 12.6. The second kappa shape index (κ2) is 7.19. The Labute approximate surface area is 137 Å². The van der Waals surface area contributed by atoms with Gasteiger partial charge in [0, 0.05) is 20.1 Å². The van der Waals surface area contributed by atoms with Gasteiger partial charge in [-0.2, -0.15) is 0 Å². The van der Waals surface area contributed by atoms with Gasteiger partial charge in [-0.3, -0.25) is 4.79 Å². The van der Waals surface area contributed by atoms with E-state index >= 15 is 0 Å². The van der Waals surface area contributed by atoms with Gasteiger partial charge in [0.1, 0.15) is 11.6 Å². The molecule has 1 aliphatic rings. The fraction of sp³-hybridized carbons (Fsp3) is 0.812. The maximum atomic E-state index is 12.6. The second-order valence-electron chi connectivity index (χ2n) is 7.39. The van der Waals surface area contributed by atoms with Gasteiger partial charge in [-0.1, -0.05) is 13.8 Å². The summed E-state index contributed by atoms with van der Waals surface area (Å²) in [6.45, 7) is 9.59. The highest BCUT2D eigenvalue weighted by Crippen LogP contribution is 2.22. The van der Waals surface area contributed by atoms with Crippen LogP contribution in [0.5, 0.6) is 0 Å². The molecule has 2 atom stereocenters. The Kier molecular flexibility index (Phi) is 6.02. The molecule has 0 aromatic carbocycles. The van der Waals surface area contributed by atoms with E-state index in [4.69, 9.17) is 9.84 Å². The van der Waals surface area contributed by atoms with Crippen molar-refractivity contribution in [2.24, 2.45) is 11.8 Å². The molecule has 1 heterocycles. The van der Waals surface area contributed by atoms with Crippen LogP contribution in [0.4, 0.5) is 4.79 Å². The molecule has 132 valence electrons. The molecule has 1 fully saturated rings. The Morgan fingerprint density at radius 1 is 1.26 bits per heavy atom. The first kappa shape index (κ1) is 19.3. The number of ether oxygens (including phenoxy) is 1. The van der Waals surface area contributed by atoms with Crippen LogP contribution >= 0.6 is 0 Å². The van der Waals surface area contributed by atoms with E-state index in [1.165, 1.54) is 9.80 Å². The van der Waals surface area contributed by atoms with Crippen LogP contribution in [0.2, 0.25) is 0 Å². The maximum Gasteiger partial charge on any atom is 0.407 e. The molecule has 0 aromatic rings. The molecule has 1 saturated heterocycles. The number of carbonyl (C=O) groups is 3. The summed E-state index contributed by atoms with van der Waals surface area (Å²) in [6, 6.07) is -0.680. The summed E-state index contributed by atoms with van der Waals surface area (Å²) in [4.78, 5) is 38.7. The molecule has 0 radical (unpaired) electrons. The van der Waals surface area contributed by atoms with E-state index in [0.717, 1.165) is 0 Å². The van der Waals surface area contributed by atoms with E-state index < -0.39 is 29.6 Å². The number of rotatable bonds is 4. The molecule has 1 N–H and O–H groups in total. The zero-order chi connectivity index (χ0) is 17.9. The Balaban J connectivity index is 2.82. The van der Waals surface area contributed by atoms with Crippen molar-refractivity contribution < 1.29 is 24.2 Å². The van der Waals surface area contributed by atoms with Crippen LogP contribution in [-0.4, -0.2) is 64.7 Å². The summed E-state index contributed by atoms with van der Waals surface area (Å²) >= 11 is 0. The molecule has 0 spiro atoms. The van der Waals surface area contributed by atoms with Crippen molar-refractivity contribution in [3.8, 4) is 0 Å². The first-order chi connectivity index (χ1) is 10.4. The zero-order valence-electron chi connectivity index (χ0n) is 14.8. The van der Waals surface area contributed by atoms with Crippen LogP contribution in [0, 0.1) is 11.8 Å². The summed E-state index contributed by atoms with van der Waals surface area (Å²) in [5.41, 5.74) is -0.623. The van der Waals surface area contributed by atoms with Crippen LogP contribution in [0.3, 0.4) is 0 Å². The average Bonchev–Trinajstić information content (AvgIpc) is 2.84. The molecule has 23 heavy (non-hydrogen) atoms. The number of nitrogens with zero attached hydrogens (tertiary/aromatic N) is 2. The molecule has 0 saturated carbocycles. The van der Waals surface area contributed by atoms with Gasteiger partial charge in [0.05, 0.1) is 5.92 Å². The lowest BCUT2D eigenvalue weighted by Crippen LogP contribution is -2.50. The Hall–Kier alpha value is -1.79. The fourth-order valence-corrected chi connectivity index (χ4v) is 2.80. The predicted octanol–water partition coefficient (Wildman–Crippen LogP) is 1.81. The molecule has 2 amide bonds. The van der Waals surface area contributed by atoms with Crippen LogP contribution in [-0.2, 0) is 14.3 Å². The highest BCUT2D eigenvalue weighted by Gasteiger charge is 2.38. The molecule has 1 aliphatic heterocycles. The Morgan fingerprint density at radius 2 is 1.83 bits per heavy atom. The highest BCUT2D eigenvalue weighted by molar-refractivity contribution is 5.86. The number of carboxylic acid groups (broad SMARTS) is 1. The van der Waals surface area contributed by atoms with Crippen molar-refractivity contribution in [3.05, 3.63) is 0 Å². The molecular weight excluding hydrogens is 300 g/mol. The number of likely N-dealkylation sites (N-methyl/N-ethyl adjacent to an activating group) is 1. The van der Waals surface area contributed by atoms with Crippen molar-refractivity contribution >= 4 is 18.0 Å². The lowest BCUT2D eigenvalue weighted by Gasteiger charge is -2.33. The van der Waals surface area contributed by atoms with E-state index in [1.54, 1.807) is 27.8 Å². The number of hydrogen-bond acceptors (Lipinski definition) is 4. The summed E-state index contributed by atoms with van der Waals surface area (Å²) in [7, 11) is 1.58. The number of likely N-dealkylation sites (tertiary alicyclic amines) is 1. The molecule has 0 aromatic heterocycles. The highest BCUT2D eigenvalue weighted by atomic mass is 16.6. The van der Waals surface area contributed by atoms with Crippen molar-refractivity contribution in [1.82, 2.24) is 9.80 Å². The Bertz CT molecular complexity index is 470. The molecule has 7 nitrogen and oxygen atoms in total. The third-order valence-corrected chi connectivity index (χ3v) is 3.85. The van der Waals surface area contributed by atoms with E-state index in [2.05, 4.69) is 0 Å². The average molecular weight is 328 g/mol. The summed E-state index contributed by atoms with van der Waals surface area (Å²) in [6.07, 6.45) is -0.537. The van der Waals surface area contributed by atoms with E-state index in [1.807, 2.05) is 13.8 Å². The summed E-state index contributed by atoms with van der Waals surface area (Å²) in [5.74, 6) is -1.15. The molecule has 7 heteroatoms. The topological polar surface area (TPSA) is 87.2 Å². The molecular formula is C16H28N2O5. The van der Waals surface area contributed by atoms with E-state index in [9.17, 15) is 14.4 Å². The summed E-state index contributed by atoms with van der Waals surface area (Å²) in [5, 5.41) is 8.99. The van der Waals surface area contributed by atoms with Crippen LogP contribution in [0.1, 0.15) is 41.0 Å². The lowest BCUT2D eigenvalue weighted by atomic mass is 9.99. The van der Waals surface area contributed by atoms with Gasteiger partial charge >= 0.3 is 12.1 Å². The molecule has 0 bridgehead atoms.